The summed E-state index contributed by atoms with van der Waals surface area (Å²) in [6.45, 7) is 2.25. The molecule has 2 amide bonds. The standard InChI is InChI=1S/C20H24N2O4S/c1-14-18-6-4-3-5-15(18)13-19(14)22-20(23)21-16-7-9-17(10-8-16)27(24,25)12-11-26-2/h3-10,14,19H,11-13H2,1-2H3,(H2,21,22,23)/t14-,19+/m0/s1. The van der Waals surface area contributed by atoms with Gasteiger partial charge in [0.05, 0.1) is 17.3 Å². The van der Waals surface area contributed by atoms with E-state index in [1.807, 2.05) is 12.1 Å². The Bertz CT molecular complexity index is 910. The van der Waals surface area contributed by atoms with Gasteiger partial charge >= 0.3 is 6.03 Å². The van der Waals surface area contributed by atoms with Gasteiger partial charge in [0.2, 0.25) is 0 Å². The number of anilines is 1. The van der Waals surface area contributed by atoms with Crippen molar-refractivity contribution < 1.29 is 17.9 Å². The van der Waals surface area contributed by atoms with E-state index in [-0.39, 0.29) is 35.2 Å². The van der Waals surface area contributed by atoms with Gasteiger partial charge in [0.1, 0.15) is 0 Å². The number of nitrogens with one attached hydrogen (secondary N) is 2. The van der Waals surface area contributed by atoms with Crippen LogP contribution in [0.4, 0.5) is 10.5 Å². The lowest BCUT2D eigenvalue weighted by Gasteiger charge is -2.18. The molecule has 6 nitrogen and oxygen atoms in total. The highest BCUT2D eigenvalue weighted by molar-refractivity contribution is 7.91. The van der Waals surface area contributed by atoms with Crippen LogP contribution in [0.3, 0.4) is 0 Å². The predicted octanol–water partition coefficient (Wildman–Crippen LogP) is 2.96. The lowest BCUT2D eigenvalue weighted by Crippen LogP contribution is -2.39. The fourth-order valence-corrected chi connectivity index (χ4v) is 4.54. The van der Waals surface area contributed by atoms with Crippen LogP contribution in [0.5, 0.6) is 0 Å². The molecule has 7 heteroatoms. The maximum atomic E-state index is 12.3. The quantitative estimate of drug-likeness (QED) is 0.797. The maximum absolute atomic E-state index is 12.3. The van der Waals surface area contributed by atoms with Crippen LogP contribution in [0.15, 0.2) is 53.4 Å². The highest BCUT2D eigenvalue weighted by atomic mass is 32.2. The summed E-state index contributed by atoms with van der Waals surface area (Å²) in [5.74, 6) is 0.178. The molecule has 0 radical (unpaired) electrons. The normalized spacial score (nSPS) is 18.7. The number of sulfone groups is 1. The molecule has 144 valence electrons. The van der Waals surface area contributed by atoms with E-state index in [1.165, 1.54) is 30.4 Å². The third-order valence-electron chi connectivity index (χ3n) is 4.93. The number of carbonyl (C=O) groups is 1. The van der Waals surface area contributed by atoms with Crippen LogP contribution >= 0.6 is 0 Å². The molecule has 0 spiro atoms. The summed E-state index contributed by atoms with van der Waals surface area (Å²) < 4.78 is 29.1. The Hall–Kier alpha value is -2.38. The van der Waals surface area contributed by atoms with E-state index < -0.39 is 9.84 Å². The zero-order chi connectivity index (χ0) is 19.4. The number of ether oxygens (including phenoxy) is 1. The zero-order valence-electron chi connectivity index (χ0n) is 15.4. The minimum atomic E-state index is -3.38. The van der Waals surface area contributed by atoms with Gasteiger partial charge in [0.15, 0.2) is 9.84 Å². The van der Waals surface area contributed by atoms with E-state index in [4.69, 9.17) is 4.74 Å². The zero-order valence-corrected chi connectivity index (χ0v) is 16.3. The van der Waals surface area contributed by atoms with Gasteiger partial charge in [0, 0.05) is 24.8 Å². The number of benzene rings is 2. The SMILES string of the molecule is COCCS(=O)(=O)c1ccc(NC(=O)N[C@@H]2Cc3ccccc3[C@@H]2C)cc1. The molecule has 0 aromatic heterocycles. The monoisotopic (exact) mass is 388 g/mol. The van der Waals surface area contributed by atoms with Crippen molar-refractivity contribution in [2.45, 2.75) is 30.2 Å². The van der Waals surface area contributed by atoms with E-state index in [0.717, 1.165) is 6.42 Å². The van der Waals surface area contributed by atoms with Crippen LogP contribution in [-0.4, -0.2) is 40.0 Å². The van der Waals surface area contributed by atoms with Crippen molar-refractivity contribution in [3.8, 4) is 0 Å². The molecule has 0 saturated carbocycles. The van der Waals surface area contributed by atoms with E-state index in [0.29, 0.717) is 5.69 Å². The number of urea groups is 1. The van der Waals surface area contributed by atoms with Gasteiger partial charge in [-0.1, -0.05) is 31.2 Å². The third kappa shape index (κ3) is 4.48. The number of fused-ring (bicyclic) bond motifs is 1. The van der Waals surface area contributed by atoms with Crippen LogP contribution in [0.2, 0.25) is 0 Å². The molecule has 1 aliphatic carbocycles. The first-order valence-electron chi connectivity index (χ1n) is 8.88. The first kappa shape index (κ1) is 19.4. The predicted molar refractivity (Wildman–Crippen MR) is 105 cm³/mol. The maximum Gasteiger partial charge on any atom is 0.319 e. The fraction of sp³-hybridized carbons (Fsp3) is 0.350. The summed E-state index contributed by atoms with van der Waals surface area (Å²) in [7, 11) is -1.91. The number of methoxy groups -OCH3 is 1. The van der Waals surface area contributed by atoms with Gasteiger partial charge < -0.3 is 15.4 Å². The minimum Gasteiger partial charge on any atom is -0.384 e. The van der Waals surface area contributed by atoms with Crippen molar-refractivity contribution in [3.63, 3.8) is 0 Å². The summed E-state index contributed by atoms with van der Waals surface area (Å²) in [5, 5.41) is 5.78. The first-order valence-corrected chi connectivity index (χ1v) is 10.5. The van der Waals surface area contributed by atoms with E-state index in [2.05, 4.69) is 29.7 Å². The summed E-state index contributed by atoms with van der Waals surface area (Å²) in [6, 6.07) is 14.1. The van der Waals surface area contributed by atoms with Crippen LogP contribution < -0.4 is 10.6 Å². The van der Waals surface area contributed by atoms with Crippen molar-refractivity contribution in [2.75, 3.05) is 24.8 Å². The van der Waals surface area contributed by atoms with Gasteiger partial charge in [-0.3, -0.25) is 0 Å². The highest BCUT2D eigenvalue weighted by Crippen LogP contribution is 2.32. The Morgan fingerprint density at radius 1 is 1.15 bits per heavy atom. The van der Waals surface area contributed by atoms with Gasteiger partial charge in [-0.05, 0) is 41.8 Å². The molecular formula is C20H24N2O4S. The van der Waals surface area contributed by atoms with Gasteiger partial charge in [-0.25, -0.2) is 13.2 Å². The first-order chi connectivity index (χ1) is 12.9. The average molecular weight is 388 g/mol. The second kappa shape index (κ2) is 8.10. The number of rotatable bonds is 6. The smallest absolute Gasteiger partial charge is 0.319 e. The second-order valence-corrected chi connectivity index (χ2v) is 8.84. The van der Waals surface area contributed by atoms with Gasteiger partial charge in [-0.15, -0.1) is 0 Å². The Morgan fingerprint density at radius 2 is 1.85 bits per heavy atom. The van der Waals surface area contributed by atoms with Crippen molar-refractivity contribution in [1.29, 1.82) is 0 Å². The molecule has 0 unspecified atom stereocenters. The Morgan fingerprint density at radius 3 is 2.52 bits per heavy atom. The molecule has 1 aliphatic rings. The van der Waals surface area contributed by atoms with Crippen LogP contribution in [-0.2, 0) is 21.0 Å². The Kier molecular flexibility index (Phi) is 5.82. The van der Waals surface area contributed by atoms with Crippen molar-refractivity contribution in [3.05, 3.63) is 59.7 Å². The van der Waals surface area contributed by atoms with Gasteiger partial charge in [0.25, 0.3) is 0 Å². The molecule has 0 heterocycles. The molecule has 2 aromatic rings. The lowest BCUT2D eigenvalue weighted by atomic mass is 10.0. The van der Waals surface area contributed by atoms with Gasteiger partial charge in [-0.2, -0.15) is 0 Å². The largest absolute Gasteiger partial charge is 0.384 e. The van der Waals surface area contributed by atoms with Crippen LogP contribution in [0.25, 0.3) is 0 Å². The Balaban J connectivity index is 1.59. The molecule has 0 bridgehead atoms. The highest BCUT2D eigenvalue weighted by Gasteiger charge is 2.29. The Labute approximate surface area is 159 Å². The molecule has 0 fully saturated rings. The number of hydrogen-bond acceptors (Lipinski definition) is 4. The molecule has 2 atom stereocenters. The third-order valence-corrected chi connectivity index (χ3v) is 6.63. The average Bonchev–Trinajstić information content (AvgIpc) is 2.96. The summed E-state index contributed by atoms with van der Waals surface area (Å²) >= 11 is 0. The van der Waals surface area contributed by atoms with E-state index in [1.54, 1.807) is 12.1 Å². The second-order valence-electron chi connectivity index (χ2n) is 6.73. The number of hydrogen-bond donors (Lipinski definition) is 2. The van der Waals surface area contributed by atoms with E-state index >= 15 is 0 Å². The number of carbonyl (C=O) groups excluding carboxylic acids is 1. The van der Waals surface area contributed by atoms with Crippen molar-refractivity contribution >= 4 is 21.6 Å². The van der Waals surface area contributed by atoms with Crippen LogP contribution in [0.1, 0.15) is 24.0 Å². The van der Waals surface area contributed by atoms with Crippen LogP contribution in [0, 0.1) is 0 Å². The van der Waals surface area contributed by atoms with Crippen molar-refractivity contribution in [1.82, 2.24) is 5.32 Å². The van der Waals surface area contributed by atoms with E-state index in [9.17, 15) is 13.2 Å². The summed E-state index contributed by atoms with van der Waals surface area (Å²) in [5.41, 5.74) is 3.08. The summed E-state index contributed by atoms with van der Waals surface area (Å²) in [6.07, 6.45) is 0.807. The summed E-state index contributed by atoms with van der Waals surface area (Å²) in [4.78, 5) is 12.5. The molecule has 0 saturated heterocycles. The molecule has 2 aromatic carbocycles. The van der Waals surface area contributed by atoms with Crippen molar-refractivity contribution in [2.24, 2.45) is 0 Å². The molecule has 2 N–H and O–H groups in total. The topological polar surface area (TPSA) is 84.5 Å². The lowest BCUT2D eigenvalue weighted by molar-refractivity contribution is 0.217. The molecule has 3 rings (SSSR count). The fourth-order valence-electron chi connectivity index (χ4n) is 3.36. The minimum absolute atomic E-state index is 0.0381. The number of amides is 2. The molecular weight excluding hydrogens is 364 g/mol. The molecule has 0 aliphatic heterocycles. The molecule has 27 heavy (non-hydrogen) atoms.